The van der Waals surface area contributed by atoms with Crippen LogP contribution in [0.3, 0.4) is 0 Å². The lowest BCUT2D eigenvalue weighted by molar-refractivity contribution is 0.426. The number of hydrogen-bond acceptors (Lipinski definition) is 2. The second-order valence-corrected chi connectivity index (χ2v) is 3.36. The Bertz CT molecular complexity index is 270. The molecule has 80 valence electrons. The van der Waals surface area contributed by atoms with Crippen molar-refractivity contribution >= 4 is 5.69 Å². The van der Waals surface area contributed by atoms with Gasteiger partial charge in [-0.05, 0) is 13.3 Å². The number of rotatable bonds is 6. The highest BCUT2D eigenvalue weighted by Gasteiger charge is 2.02. The Morgan fingerprint density at radius 1 is 1.57 bits per heavy atom. The molecular formula is C10H18FN3. The van der Waals surface area contributed by atoms with E-state index in [9.17, 15) is 4.39 Å². The molecule has 0 bridgehead atoms. The number of alkyl halides is 1. The van der Waals surface area contributed by atoms with E-state index < -0.39 is 0 Å². The molecule has 4 heteroatoms. The Morgan fingerprint density at radius 2 is 2.36 bits per heavy atom. The highest BCUT2D eigenvalue weighted by Crippen LogP contribution is 2.12. The van der Waals surface area contributed by atoms with Crippen LogP contribution in [0.2, 0.25) is 0 Å². The van der Waals surface area contributed by atoms with Gasteiger partial charge in [0.05, 0.1) is 17.9 Å². The van der Waals surface area contributed by atoms with Crippen LogP contribution in [-0.4, -0.2) is 23.0 Å². The minimum atomic E-state index is -0.366. The standard InChI is InChI=1S/C10H18FN3/c1-3-4-6-12-10-8-14(7-5-11)13-9(10)2/h8,12H,3-7H2,1-2H3. The van der Waals surface area contributed by atoms with Crippen molar-refractivity contribution in [3.05, 3.63) is 11.9 Å². The molecule has 0 radical (unpaired) electrons. The van der Waals surface area contributed by atoms with E-state index >= 15 is 0 Å². The predicted molar refractivity (Wildman–Crippen MR) is 56.3 cm³/mol. The van der Waals surface area contributed by atoms with Crippen molar-refractivity contribution < 1.29 is 4.39 Å². The molecular weight excluding hydrogens is 181 g/mol. The number of hydrogen-bond donors (Lipinski definition) is 1. The maximum atomic E-state index is 12.0. The van der Waals surface area contributed by atoms with Crippen LogP contribution < -0.4 is 5.32 Å². The van der Waals surface area contributed by atoms with E-state index in [2.05, 4.69) is 17.3 Å². The number of nitrogens with one attached hydrogen (secondary N) is 1. The average molecular weight is 199 g/mol. The minimum Gasteiger partial charge on any atom is -0.382 e. The highest BCUT2D eigenvalue weighted by molar-refractivity contribution is 5.45. The first-order chi connectivity index (χ1) is 6.77. The SMILES string of the molecule is CCCCNc1cn(CCF)nc1C. The van der Waals surface area contributed by atoms with Crippen molar-refractivity contribution in [1.82, 2.24) is 9.78 Å². The summed E-state index contributed by atoms with van der Waals surface area (Å²) in [6.45, 7) is 5.02. The van der Waals surface area contributed by atoms with Crippen LogP contribution in [0.15, 0.2) is 6.20 Å². The fourth-order valence-corrected chi connectivity index (χ4v) is 1.29. The molecule has 0 saturated carbocycles. The second-order valence-electron chi connectivity index (χ2n) is 3.36. The summed E-state index contributed by atoms with van der Waals surface area (Å²) in [5.41, 5.74) is 1.96. The Hall–Kier alpha value is -1.06. The van der Waals surface area contributed by atoms with Gasteiger partial charge in [0.15, 0.2) is 0 Å². The summed E-state index contributed by atoms with van der Waals surface area (Å²) < 4.78 is 13.7. The maximum Gasteiger partial charge on any atom is 0.109 e. The largest absolute Gasteiger partial charge is 0.382 e. The van der Waals surface area contributed by atoms with Gasteiger partial charge in [-0.25, -0.2) is 4.39 Å². The van der Waals surface area contributed by atoms with E-state index in [1.807, 2.05) is 13.1 Å². The smallest absolute Gasteiger partial charge is 0.109 e. The van der Waals surface area contributed by atoms with Crippen molar-refractivity contribution in [3.63, 3.8) is 0 Å². The van der Waals surface area contributed by atoms with Gasteiger partial charge in [0.25, 0.3) is 0 Å². The van der Waals surface area contributed by atoms with E-state index in [4.69, 9.17) is 0 Å². The predicted octanol–water partition coefficient (Wildman–Crippen LogP) is 2.37. The van der Waals surface area contributed by atoms with E-state index in [0.29, 0.717) is 6.54 Å². The molecule has 0 aliphatic rings. The summed E-state index contributed by atoms with van der Waals surface area (Å²) in [5.74, 6) is 0. The molecule has 1 N–H and O–H groups in total. The molecule has 1 heterocycles. The third-order valence-electron chi connectivity index (χ3n) is 2.11. The topological polar surface area (TPSA) is 29.9 Å². The lowest BCUT2D eigenvalue weighted by Crippen LogP contribution is -2.01. The summed E-state index contributed by atoms with van der Waals surface area (Å²) in [5, 5.41) is 7.48. The van der Waals surface area contributed by atoms with Crippen LogP contribution in [0, 0.1) is 6.92 Å². The van der Waals surface area contributed by atoms with Crippen molar-refractivity contribution in [3.8, 4) is 0 Å². The molecule has 0 amide bonds. The molecule has 0 aliphatic heterocycles. The number of nitrogens with zero attached hydrogens (tertiary/aromatic N) is 2. The van der Waals surface area contributed by atoms with Gasteiger partial charge in [-0.1, -0.05) is 13.3 Å². The Morgan fingerprint density at radius 3 is 3.00 bits per heavy atom. The van der Waals surface area contributed by atoms with Gasteiger partial charge < -0.3 is 5.32 Å². The normalized spacial score (nSPS) is 10.5. The summed E-state index contributed by atoms with van der Waals surface area (Å²) in [7, 11) is 0. The zero-order valence-electron chi connectivity index (χ0n) is 8.89. The lowest BCUT2D eigenvalue weighted by atomic mass is 10.3. The fourth-order valence-electron chi connectivity index (χ4n) is 1.29. The van der Waals surface area contributed by atoms with E-state index in [0.717, 1.165) is 24.3 Å². The van der Waals surface area contributed by atoms with Gasteiger partial charge in [0.1, 0.15) is 6.67 Å². The zero-order valence-corrected chi connectivity index (χ0v) is 8.89. The second kappa shape index (κ2) is 5.62. The summed E-state index contributed by atoms with van der Waals surface area (Å²) in [4.78, 5) is 0. The lowest BCUT2D eigenvalue weighted by Gasteiger charge is -2.01. The molecule has 0 aromatic carbocycles. The first kappa shape index (κ1) is 11.0. The Kier molecular flexibility index (Phi) is 4.43. The Balaban J connectivity index is 2.49. The van der Waals surface area contributed by atoms with Gasteiger partial charge >= 0.3 is 0 Å². The first-order valence-corrected chi connectivity index (χ1v) is 5.11. The fraction of sp³-hybridized carbons (Fsp3) is 0.700. The minimum absolute atomic E-state index is 0.344. The molecule has 1 aromatic rings. The van der Waals surface area contributed by atoms with Crippen LogP contribution in [0.25, 0.3) is 0 Å². The Labute approximate surface area is 84.3 Å². The van der Waals surface area contributed by atoms with Gasteiger partial charge in [0, 0.05) is 12.7 Å². The van der Waals surface area contributed by atoms with Crippen molar-refractivity contribution in [2.75, 3.05) is 18.5 Å². The van der Waals surface area contributed by atoms with Crippen LogP contribution in [0.4, 0.5) is 10.1 Å². The quantitative estimate of drug-likeness (QED) is 0.713. The van der Waals surface area contributed by atoms with Crippen LogP contribution in [-0.2, 0) is 6.54 Å². The van der Waals surface area contributed by atoms with Gasteiger partial charge in [-0.3, -0.25) is 4.68 Å². The summed E-state index contributed by atoms with van der Waals surface area (Å²) in [6, 6.07) is 0. The molecule has 0 fully saturated rings. The number of anilines is 1. The number of aromatic nitrogens is 2. The van der Waals surface area contributed by atoms with E-state index in [1.165, 1.54) is 6.42 Å². The van der Waals surface area contributed by atoms with Crippen molar-refractivity contribution in [2.24, 2.45) is 0 Å². The molecule has 0 saturated heterocycles. The van der Waals surface area contributed by atoms with Gasteiger partial charge in [-0.15, -0.1) is 0 Å². The molecule has 1 aromatic heterocycles. The third-order valence-corrected chi connectivity index (χ3v) is 2.11. The third kappa shape index (κ3) is 3.01. The molecule has 0 unspecified atom stereocenters. The van der Waals surface area contributed by atoms with Crippen LogP contribution in [0.1, 0.15) is 25.5 Å². The average Bonchev–Trinajstić information content (AvgIpc) is 2.48. The summed E-state index contributed by atoms with van der Waals surface area (Å²) in [6.07, 6.45) is 4.18. The maximum absolute atomic E-state index is 12.0. The molecule has 0 aliphatic carbocycles. The number of aryl methyl sites for hydroxylation is 2. The molecule has 0 spiro atoms. The molecule has 14 heavy (non-hydrogen) atoms. The number of halogens is 1. The molecule has 1 rings (SSSR count). The molecule has 0 atom stereocenters. The van der Waals surface area contributed by atoms with Gasteiger partial charge in [-0.2, -0.15) is 5.10 Å². The molecule has 3 nitrogen and oxygen atoms in total. The first-order valence-electron chi connectivity index (χ1n) is 5.11. The van der Waals surface area contributed by atoms with Gasteiger partial charge in [0.2, 0.25) is 0 Å². The van der Waals surface area contributed by atoms with Crippen molar-refractivity contribution in [1.29, 1.82) is 0 Å². The van der Waals surface area contributed by atoms with E-state index in [1.54, 1.807) is 4.68 Å². The summed E-state index contributed by atoms with van der Waals surface area (Å²) >= 11 is 0. The van der Waals surface area contributed by atoms with E-state index in [-0.39, 0.29) is 6.67 Å². The number of unbranched alkanes of at least 4 members (excludes halogenated alkanes) is 1. The highest BCUT2D eigenvalue weighted by atomic mass is 19.1. The van der Waals surface area contributed by atoms with Crippen LogP contribution >= 0.6 is 0 Å². The van der Waals surface area contributed by atoms with Crippen LogP contribution in [0.5, 0.6) is 0 Å². The monoisotopic (exact) mass is 199 g/mol. The van der Waals surface area contributed by atoms with Crippen molar-refractivity contribution in [2.45, 2.75) is 33.2 Å². The zero-order chi connectivity index (χ0) is 10.4.